The van der Waals surface area contributed by atoms with Crippen molar-refractivity contribution >= 4 is 12.4 Å². The van der Waals surface area contributed by atoms with Gasteiger partial charge >= 0.3 is 0 Å². The highest BCUT2D eigenvalue weighted by Gasteiger charge is 2.00. The molecule has 0 atom stereocenters. The van der Waals surface area contributed by atoms with Gasteiger partial charge in [-0.1, -0.05) is 0 Å². The predicted molar refractivity (Wildman–Crippen MR) is 82.6 cm³/mol. The third-order valence-electron chi connectivity index (χ3n) is 2.50. The van der Waals surface area contributed by atoms with E-state index in [9.17, 15) is 0 Å². The van der Waals surface area contributed by atoms with Crippen LogP contribution in [0.15, 0.2) is 0 Å². The van der Waals surface area contributed by atoms with Crippen LogP contribution >= 0.6 is 12.4 Å². The van der Waals surface area contributed by atoms with Crippen molar-refractivity contribution in [3.63, 3.8) is 0 Å². The summed E-state index contributed by atoms with van der Waals surface area (Å²) >= 11 is 0. The summed E-state index contributed by atoms with van der Waals surface area (Å²) in [7, 11) is 0. The molecular weight excluding hydrogens is 304 g/mol. The summed E-state index contributed by atoms with van der Waals surface area (Å²) in [6, 6.07) is 0. The summed E-state index contributed by atoms with van der Waals surface area (Å²) < 4.78 is 0. The molecule has 0 fully saturated rings. The van der Waals surface area contributed by atoms with Gasteiger partial charge in [-0.05, 0) is 0 Å². The zero-order valence-corrected chi connectivity index (χ0v) is 13.3. The van der Waals surface area contributed by atoms with Crippen molar-refractivity contribution in [3.05, 3.63) is 0 Å². The minimum absolute atomic E-state index is 0. The summed E-state index contributed by atoms with van der Waals surface area (Å²) in [4.78, 5) is 3.58. The van der Waals surface area contributed by atoms with Crippen LogP contribution in [0.25, 0.3) is 0 Å². The molecule has 0 aliphatic heterocycles. The molecule has 132 valence electrons. The Morgan fingerprint density at radius 3 is 0.619 bits per heavy atom. The highest BCUT2D eigenvalue weighted by atomic mass is 35.5. The van der Waals surface area contributed by atoms with Crippen LogP contribution in [0.2, 0.25) is 0 Å². The lowest BCUT2D eigenvalue weighted by molar-refractivity contribution is 0.136. The Hall–Kier alpha value is -0.0300. The first kappa shape index (κ1) is 25.9. The first-order chi connectivity index (χ1) is 9.69. The van der Waals surface area contributed by atoms with Gasteiger partial charge in [0.1, 0.15) is 0 Å². The fourth-order valence-electron chi connectivity index (χ4n) is 1.52. The zero-order valence-electron chi connectivity index (χ0n) is 12.5. The Bertz CT molecular complexity index is 135. The molecule has 8 nitrogen and oxygen atoms in total. The minimum atomic E-state index is 0. The SMILES string of the molecule is Cl.OCCN(CCO)CCO.OCCN(CCO)CCO. The van der Waals surface area contributed by atoms with Gasteiger partial charge in [0.15, 0.2) is 0 Å². The van der Waals surface area contributed by atoms with Gasteiger partial charge in [-0.25, -0.2) is 0 Å². The van der Waals surface area contributed by atoms with Crippen molar-refractivity contribution in [2.45, 2.75) is 0 Å². The van der Waals surface area contributed by atoms with Crippen LogP contribution in [0.3, 0.4) is 0 Å². The van der Waals surface area contributed by atoms with E-state index < -0.39 is 0 Å². The average Bonchev–Trinajstić information content (AvgIpc) is 2.41. The third-order valence-corrected chi connectivity index (χ3v) is 2.50. The molecule has 0 aromatic rings. The van der Waals surface area contributed by atoms with Crippen LogP contribution in [0.1, 0.15) is 0 Å². The van der Waals surface area contributed by atoms with Crippen molar-refractivity contribution in [2.75, 3.05) is 78.9 Å². The van der Waals surface area contributed by atoms with E-state index in [0.29, 0.717) is 39.3 Å². The third kappa shape index (κ3) is 20.0. The van der Waals surface area contributed by atoms with E-state index in [1.165, 1.54) is 0 Å². The van der Waals surface area contributed by atoms with Crippen molar-refractivity contribution in [2.24, 2.45) is 0 Å². The monoisotopic (exact) mass is 334 g/mol. The van der Waals surface area contributed by atoms with Gasteiger partial charge in [-0.2, -0.15) is 0 Å². The lowest BCUT2D eigenvalue weighted by Gasteiger charge is -2.17. The molecule has 0 aromatic heterocycles. The smallest absolute Gasteiger partial charge is 0.0558 e. The summed E-state index contributed by atoms with van der Waals surface area (Å²) in [5.74, 6) is 0. The number of aliphatic hydroxyl groups excluding tert-OH is 6. The number of hydrogen-bond acceptors (Lipinski definition) is 8. The van der Waals surface area contributed by atoms with E-state index in [4.69, 9.17) is 30.6 Å². The Labute approximate surface area is 132 Å². The summed E-state index contributed by atoms with van der Waals surface area (Å²) in [6.45, 7) is 3.51. The second-order valence-corrected chi connectivity index (χ2v) is 4.02. The fourth-order valence-corrected chi connectivity index (χ4v) is 1.52. The fraction of sp³-hybridized carbons (Fsp3) is 1.00. The Morgan fingerprint density at radius 1 is 0.381 bits per heavy atom. The minimum Gasteiger partial charge on any atom is -0.395 e. The van der Waals surface area contributed by atoms with Crippen LogP contribution < -0.4 is 0 Å². The Kier molecular flexibility index (Phi) is 27.4. The van der Waals surface area contributed by atoms with Gasteiger partial charge in [-0.3, -0.25) is 9.80 Å². The van der Waals surface area contributed by atoms with Crippen molar-refractivity contribution in [1.29, 1.82) is 0 Å². The maximum absolute atomic E-state index is 8.48. The normalized spacial score (nSPS) is 10.3. The predicted octanol–water partition coefficient (Wildman–Crippen LogP) is -3.05. The molecule has 6 N–H and O–H groups in total. The molecule has 21 heavy (non-hydrogen) atoms. The zero-order chi connectivity index (χ0) is 15.6. The number of halogens is 1. The lowest BCUT2D eigenvalue weighted by Crippen LogP contribution is -2.32. The molecule has 0 unspecified atom stereocenters. The molecule has 0 bridgehead atoms. The van der Waals surface area contributed by atoms with E-state index in [-0.39, 0.29) is 52.0 Å². The number of nitrogens with zero attached hydrogens (tertiary/aromatic N) is 2. The number of aliphatic hydroxyl groups is 6. The lowest BCUT2D eigenvalue weighted by atomic mass is 10.4. The van der Waals surface area contributed by atoms with Gasteiger partial charge in [0.25, 0.3) is 0 Å². The van der Waals surface area contributed by atoms with E-state index in [2.05, 4.69) is 0 Å². The summed E-state index contributed by atoms with van der Waals surface area (Å²) in [5.41, 5.74) is 0. The molecule has 9 heteroatoms. The molecular formula is C12H31ClN2O6. The van der Waals surface area contributed by atoms with Gasteiger partial charge < -0.3 is 30.6 Å². The number of hydrogen-bond donors (Lipinski definition) is 6. The molecule has 0 aromatic carbocycles. The maximum atomic E-state index is 8.48. The first-order valence-electron chi connectivity index (χ1n) is 6.79. The van der Waals surface area contributed by atoms with Crippen LogP contribution in [0, 0.1) is 0 Å². The number of rotatable bonds is 12. The molecule has 0 aliphatic carbocycles. The Morgan fingerprint density at radius 2 is 0.524 bits per heavy atom. The second-order valence-electron chi connectivity index (χ2n) is 4.02. The topological polar surface area (TPSA) is 128 Å². The standard InChI is InChI=1S/2C6H15NO3.ClH/c2*8-4-1-7(2-5-9)3-6-10;/h2*8-10H,1-6H2;1H. The second kappa shape index (κ2) is 22.3. The molecule has 0 saturated heterocycles. The van der Waals surface area contributed by atoms with Crippen LogP contribution in [0.5, 0.6) is 0 Å². The van der Waals surface area contributed by atoms with Gasteiger partial charge in [0.05, 0.1) is 39.6 Å². The molecule has 0 saturated carbocycles. The van der Waals surface area contributed by atoms with E-state index >= 15 is 0 Å². The average molecular weight is 335 g/mol. The molecule has 0 spiro atoms. The van der Waals surface area contributed by atoms with E-state index in [0.717, 1.165) is 0 Å². The van der Waals surface area contributed by atoms with Crippen molar-refractivity contribution < 1.29 is 30.6 Å². The van der Waals surface area contributed by atoms with Crippen LogP contribution in [-0.4, -0.2) is 119 Å². The summed E-state index contributed by atoms with van der Waals surface area (Å²) in [5, 5.41) is 50.9. The van der Waals surface area contributed by atoms with Gasteiger partial charge in [-0.15, -0.1) is 12.4 Å². The van der Waals surface area contributed by atoms with E-state index in [1.807, 2.05) is 0 Å². The van der Waals surface area contributed by atoms with E-state index in [1.54, 1.807) is 9.80 Å². The molecule has 0 aliphatic rings. The Balaban J connectivity index is -0.000000295. The van der Waals surface area contributed by atoms with Crippen molar-refractivity contribution in [1.82, 2.24) is 9.80 Å². The first-order valence-corrected chi connectivity index (χ1v) is 6.79. The van der Waals surface area contributed by atoms with Gasteiger partial charge in [0, 0.05) is 39.3 Å². The highest BCUT2D eigenvalue weighted by molar-refractivity contribution is 5.85. The largest absolute Gasteiger partial charge is 0.395 e. The molecule has 0 heterocycles. The van der Waals surface area contributed by atoms with Gasteiger partial charge in [0.2, 0.25) is 0 Å². The van der Waals surface area contributed by atoms with Crippen LogP contribution in [0.4, 0.5) is 0 Å². The highest BCUT2D eigenvalue weighted by Crippen LogP contribution is 1.84. The van der Waals surface area contributed by atoms with Crippen LogP contribution in [-0.2, 0) is 0 Å². The molecule has 0 radical (unpaired) electrons. The van der Waals surface area contributed by atoms with Crippen molar-refractivity contribution in [3.8, 4) is 0 Å². The molecule has 0 rings (SSSR count). The quantitative estimate of drug-likeness (QED) is 0.222. The molecule has 0 amide bonds. The summed E-state index contributed by atoms with van der Waals surface area (Å²) in [6.07, 6.45) is 0. The maximum Gasteiger partial charge on any atom is 0.0558 e.